The Morgan fingerprint density at radius 1 is 1.33 bits per heavy atom. The third-order valence-electron chi connectivity index (χ3n) is 1.67. The van der Waals surface area contributed by atoms with E-state index >= 15 is 0 Å². The predicted octanol–water partition coefficient (Wildman–Crippen LogP) is 2.88. The van der Waals surface area contributed by atoms with Crippen molar-refractivity contribution in [3.05, 3.63) is 29.3 Å². The second-order valence-corrected chi connectivity index (χ2v) is 3.00. The average Bonchev–Trinajstić information content (AvgIpc) is 2.14. The molecule has 0 atom stereocenters. The average molecular weight is 234 g/mol. The van der Waals surface area contributed by atoms with Crippen molar-refractivity contribution < 1.29 is 13.2 Å². The third kappa shape index (κ3) is 3.07. The maximum absolute atomic E-state index is 12.2. The van der Waals surface area contributed by atoms with Gasteiger partial charge in [-0.1, -0.05) is 11.8 Å². The molecule has 1 aromatic rings. The number of anilines is 1. The van der Waals surface area contributed by atoms with Gasteiger partial charge in [0.15, 0.2) is 0 Å². The van der Waals surface area contributed by atoms with Gasteiger partial charge >= 0.3 is 6.18 Å². The first-order valence-electron chi connectivity index (χ1n) is 3.96. The fraction of sp³-hybridized carbons (Fsp3) is 0.200. The lowest BCUT2D eigenvalue weighted by Gasteiger charge is -2.07. The molecule has 80 valence electrons. The number of nitrogen functional groups attached to an aromatic ring is 1. The zero-order valence-electron chi connectivity index (χ0n) is 7.53. The molecule has 1 aromatic carbocycles. The Morgan fingerprint density at radius 2 is 2.00 bits per heavy atom. The first-order valence-corrected chi connectivity index (χ1v) is 4.50. The zero-order chi connectivity index (χ0) is 11.5. The lowest BCUT2D eigenvalue weighted by molar-refractivity contribution is -0.137. The van der Waals surface area contributed by atoms with E-state index in [1.54, 1.807) is 0 Å². The van der Waals surface area contributed by atoms with E-state index in [0.29, 0.717) is 5.56 Å². The van der Waals surface area contributed by atoms with Crippen LogP contribution in [-0.4, -0.2) is 5.88 Å². The maximum Gasteiger partial charge on any atom is 0.416 e. The zero-order valence-corrected chi connectivity index (χ0v) is 8.28. The standard InChI is InChI=1S/C10H7ClF3N/c11-5-1-2-7-3-4-8(6-9(7)15)10(12,13)14/h3-4,6H,5,15H2. The lowest BCUT2D eigenvalue weighted by Crippen LogP contribution is -2.06. The largest absolute Gasteiger partial charge is 0.416 e. The highest BCUT2D eigenvalue weighted by Gasteiger charge is 2.30. The molecule has 0 saturated carbocycles. The molecule has 0 saturated heterocycles. The Labute approximate surface area is 90.0 Å². The molecule has 0 radical (unpaired) electrons. The number of nitrogens with two attached hydrogens (primary N) is 1. The second kappa shape index (κ2) is 4.45. The van der Waals surface area contributed by atoms with Crippen molar-refractivity contribution in [2.45, 2.75) is 6.18 Å². The number of hydrogen-bond acceptors (Lipinski definition) is 1. The van der Waals surface area contributed by atoms with Gasteiger partial charge in [-0.2, -0.15) is 13.2 Å². The smallest absolute Gasteiger partial charge is 0.398 e. The molecule has 2 N–H and O–H groups in total. The van der Waals surface area contributed by atoms with E-state index in [-0.39, 0.29) is 11.6 Å². The number of alkyl halides is 4. The van der Waals surface area contributed by atoms with Gasteiger partial charge in [-0.25, -0.2) is 0 Å². The van der Waals surface area contributed by atoms with Crippen LogP contribution in [0, 0.1) is 11.8 Å². The molecule has 0 bridgehead atoms. The Bertz CT molecular complexity index is 415. The third-order valence-corrected chi connectivity index (χ3v) is 1.80. The Hall–Kier alpha value is -1.34. The van der Waals surface area contributed by atoms with Crippen LogP contribution in [0.1, 0.15) is 11.1 Å². The van der Waals surface area contributed by atoms with Crippen LogP contribution in [0.5, 0.6) is 0 Å². The highest BCUT2D eigenvalue weighted by Crippen LogP contribution is 2.31. The molecule has 0 heterocycles. The summed E-state index contributed by atoms with van der Waals surface area (Å²) in [5, 5.41) is 0. The number of benzene rings is 1. The Morgan fingerprint density at radius 3 is 2.47 bits per heavy atom. The van der Waals surface area contributed by atoms with Crippen LogP contribution in [-0.2, 0) is 6.18 Å². The van der Waals surface area contributed by atoms with Crippen molar-refractivity contribution in [2.24, 2.45) is 0 Å². The molecular weight excluding hydrogens is 227 g/mol. The molecule has 0 amide bonds. The van der Waals surface area contributed by atoms with Crippen molar-refractivity contribution in [2.75, 3.05) is 11.6 Å². The highest BCUT2D eigenvalue weighted by molar-refractivity contribution is 6.19. The van der Waals surface area contributed by atoms with E-state index in [2.05, 4.69) is 11.8 Å². The predicted molar refractivity (Wildman–Crippen MR) is 53.5 cm³/mol. The van der Waals surface area contributed by atoms with Gasteiger partial charge in [-0.05, 0) is 18.2 Å². The summed E-state index contributed by atoms with van der Waals surface area (Å²) in [4.78, 5) is 0. The topological polar surface area (TPSA) is 26.0 Å². The van der Waals surface area contributed by atoms with Gasteiger partial charge in [-0.15, -0.1) is 11.6 Å². The van der Waals surface area contributed by atoms with Gasteiger partial charge in [0.05, 0.1) is 11.4 Å². The monoisotopic (exact) mass is 233 g/mol. The van der Waals surface area contributed by atoms with E-state index in [9.17, 15) is 13.2 Å². The minimum Gasteiger partial charge on any atom is -0.398 e. The lowest BCUT2D eigenvalue weighted by atomic mass is 10.1. The van der Waals surface area contributed by atoms with Crippen LogP contribution in [0.25, 0.3) is 0 Å². The second-order valence-electron chi connectivity index (χ2n) is 2.74. The molecule has 0 spiro atoms. The van der Waals surface area contributed by atoms with Crippen molar-refractivity contribution in [1.82, 2.24) is 0 Å². The van der Waals surface area contributed by atoms with Crippen molar-refractivity contribution in [1.29, 1.82) is 0 Å². The van der Waals surface area contributed by atoms with Gasteiger partial charge in [0.2, 0.25) is 0 Å². The first-order chi connectivity index (χ1) is 6.95. The molecule has 1 nitrogen and oxygen atoms in total. The Balaban J connectivity index is 3.09. The van der Waals surface area contributed by atoms with Crippen LogP contribution in [0.3, 0.4) is 0 Å². The normalized spacial score (nSPS) is 10.7. The first kappa shape index (κ1) is 11.7. The van der Waals surface area contributed by atoms with Crippen LogP contribution in [0.15, 0.2) is 18.2 Å². The van der Waals surface area contributed by atoms with Gasteiger partial charge in [-0.3, -0.25) is 0 Å². The minimum absolute atomic E-state index is 0.00226. The van der Waals surface area contributed by atoms with Gasteiger partial charge in [0.25, 0.3) is 0 Å². The molecule has 0 unspecified atom stereocenters. The molecule has 0 aromatic heterocycles. The van der Waals surface area contributed by atoms with E-state index in [1.807, 2.05) is 0 Å². The minimum atomic E-state index is -4.38. The highest BCUT2D eigenvalue weighted by atomic mass is 35.5. The van der Waals surface area contributed by atoms with Crippen LogP contribution >= 0.6 is 11.6 Å². The summed E-state index contributed by atoms with van der Waals surface area (Å²) in [5.41, 5.74) is 4.99. The molecule has 0 fully saturated rings. The van der Waals surface area contributed by atoms with Crippen molar-refractivity contribution >= 4 is 17.3 Å². The fourth-order valence-electron chi connectivity index (χ4n) is 0.982. The summed E-state index contributed by atoms with van der Waals surface area (Å²) in [6.07, 6.45) is -4.38. The summed E-state index contributed by atoms with van der Waals surface area (Å²) >= 11 is 5.31. The molecule has 5 heteroatoms. The van der Waals surface area contributed by atoms with Crippen molar-refractivity contribution in [3.8, 4) is 11.8 Å². The van der Waals surface area contributed by atoms with Crippen LogP contribution < -0.4 is 5.73 Å². The van der Waals surface area contributed by atoms with Gasteiger partial charge in [0.1, 0.15) is 0 Å². The number of hydrogen-bond donors (Lipinski definition) is 1. The van der Waals surface area contributed by atoms with Crippen LogP contribution in [0.2, 0.25) is 0 Å². The van der Waals surface area contributed by atoms with E-state index < -0.39 is 11.7 Å². The maximum atomic E-state index is 12.2. The molecule has 15 heavy (non-hydrogen) atoms. The molecule has 0 aliphatic carbocycles. The molecule has 1 rings (SSSR count). The molecule has 0 aliphatic heterocycles. The molecular formula is C10H7ClF3N. The van der Waals surface area contributed by atoms with E-state index in [1.165, 1.54) is 6.07 Å². The number of rotatable bonds is 0. The van der Waals surface area contributed by atoms with E-state index in [4.69, 9.17) is 17.3 Å². The summed E-state index contributed by atoms with van der Waals surface area (Å²) in [6.45, 7) is 0. The summed E-state index contributed by atoms with van der Waals surface area (Å²) in [5.74, 6) is 5.20. The summed E-state index contributed by atoms with van der Waals surface area (Å²) in [6, 6.07) is 3.03. The van der Waals surface area contributed by atoms with Crippen LogP contribution in [0.4, 0.5) is 18.9 Å². The molecule has 0 aliphatic rings. The number of halogens is 4. The van der Waals surface area contributed by atoms with Gasteiger partial charge in [0, 0.05) is 11.3 Å². The Kier molecular flexibility index (Phi) is 3.48. The fourth-order valence-corrected chi connectivity index (χ4v) is 1.05. The van der Waals surface area contributed by atoms with E-state index in [0.717, 1.165) is 12.1 Å². The van der Waals surface area contributed by atoms with Crippen molar-refractivity contribution in [3.63, 3.8) is 0 Å². The SMILES string of the molecule is Nc1cc(C(F)(F)F)ccc1C#CCCl. The summed E-state index contributed by atoms with van der Waals surface area (Å²) in [7, 11) is 0. The van der Waals surface area contributed by atoms with Gasteiger partial charge < -0.3 is 5.73 Å². The summed E-state index contributed by atoms with van der Waals surface area (Å²) < 4.78 is 36.7. The quantitative estimate of drug-likeness (QED) is 0.416.